The first-order valence-electron chi connectivity index (χ1n) is 6.57. The fourth-order valence-corrected chi connectivity index (χ4v) is 4.09. The highest BCUT2D eigenvalue weighted by Crippen LogP contribution is 2.22. The van der Waals surface area contributed by atoms with Crippen molar-refractivity contribution in [3.05, 3.63) is 11.5 Å². The molecule has 1 aromatic rings. The van der Waals surface area contributed by atoms with E-state index in [4.69, 9.17) is 9.26 Å². The largest absolute Gasteiger partial charge is 0.383 e. The van der Waals surface area contributed by atoms with Crippen molar-refractivity contribution in [3.63, 3.8) is 0 Å². The second-order valence-corrected chi connectivity index (χ2v) is 6.93. The van der Waals surface area contributed by atoms with Crippen LogP contribution in [0.25, 0.3) is 0 Å². The Hall–Kier alpha value is -0.960. The van der Waals surface area contributed by atoms with Crippen molar-refractivity contribution in [2.24, 2.45) is 0 Å². The maximum Gasteiger partial charge on any atom is 0.246 e. The number of nitrogens with zero attached hydrogens (tertiary/aromatic N) is 1. The predicted octanol–water partition coefficient (Wildman–Crippen LogP) is 0.338. The van der Waals surface area contributed by atoms with Gasteiger partial charge < -0.3 is 14.6 Å². The van der Waals surface area contributed by atoms with Crippen LogP contribution < -0.4 is 10.0 Å². The first kappa shape index (κ1) is 15.4. The second kappa shape index (κ2) is 5.80. The molecular formula is C12H21N3O4S. The summed E-state index contributed by atoms with van der Waals surface area (Å²) in [7, 11) is -2.01. The molecule has 1 fully saturated rings. The topological polar surface area (TPSA) is 93.5 Å². The average Bonchev–Trinajstić information content (AvgIpc) is 2.96. The lowest BCUT2D eigenvalue weighted by molar-refractivity contribution is 0.122. The first-order chi connectivity index (χ1) is 9.40. The summed E-state index contributed by atoms with van der Waals surface area (Å²) < 4.78 is 37.5. The zero-order chi connectivity index (χ0) is 14.8. The van der Waals surface area contributed by atoms with E-state index in [-0.39, 0.29) is 17.0 Å². The Balaban J connectivity index is 2.13. The van der Waals surface area contributed by atoms with Gasteiger partial charge in [0.2, 0.25) is 10.0 Å². The standard InChI is InChI=1S/C12H21N3O4S/c1-9-11(10(2)19-15-9)20(16,17)14-7-12(8-18-3)5-4-6-13-12/h13-14H,4-8H2,1-3H3. The molecule has 2 N–H and O–H groups in total. The minimum absolute atomic E-state index is 0.128. The summed E-state index contributed by atoms with van der Waals surface area (Å²) in [5, 5.41) is 7.01. The number of ether oxygens (including phenoxy) is 1. The number of sulfonamides is 1. The van der Waals surface area contributed by atoms with E-state index in [2.05, 4.69) is 15.2 Å². The van der Waals surface area contributed by atoms with Gasteiger partial charge in [-0.3, -0.25) is 0 Å². The van der Waals surface area contributed by atoms with Crippen LogP contribution in [0.4, 0.5) is 0 Å². The van der Waals surface area contributed by atoms with Crippen LogP contribution in [0.2, 0.25) is 0 Å². The second-order valence-electron chi connectivity index (χ2n) is 5.22. The van der Waals surface area contributed by atoms with E-state index in [1.54, 1.807) is 21.0 Å². The number of aryl methyl sites for hydroxylation is 2. The summed E-state index contributed by atoms with van der Waals surface area (Å²) in [5.41, 5.74) is 0.0380. The van der Waals surface area contributed by atoms with Gasteiger partial charge in [-0.25, -0.2) is 13.1 Å². The van der Waals surface area contributed by atoms with Gasteiger partial charge in [-0.15, -0.1) is 0 Å². The Morgan fingerprint density at radius 2 is 2.25 bits per heavy atom. The number of hydrogen-bond donors (Lipinski definition) is 2. The van der Waals surface area contributed by atoms with Crippen LogP contribution in [0.3, 0.4) is 0 Å². The third-order valence-electron chi connectivity index (χ3n) is 3.59. The molecule has 1 aromatic heterocycles. The first-order valence-corrected chi connectivity index (χ1v) is 8.05. The van der Waals surface area contributed by atoms with Gasteiger partial charge >= 0.3 is 0 Å². The van der Waals surface area contributed by atoms with E-state index in [1.165, 1.54) is 0 Å². The number of aromatic nitrogens is 1. The molecule has 2 rings (SSSR count). The lowest BCUT2D eigenvalue weighted by Gasteiger charge is -2.28. The fourth-order valence-electron chi connectivity index (χ4n) is 2.63. The summed E-state index contributed by atoms with van der Waals surface area (Å²) in [6.07, 6.45) is 1.89. The minimum atomic E-state index is -3.62. The van der Waals surface area contributed by atoms with Crippen LogP contribution in [0, 0.1) is 13.8 Å². The number of hydrogen-bond acceptors (Lipinski definition) is 6. The molecule has 1 saturated heterocycles. The average molecular weight is 303 g/mol. The quantitative estimate of drug-likeness (QED) is 0.787. The van der Waals surface area contributed by atoms with Gasteiger partial charge in [0.15, 0.2) is 5.76 Å². The molecule has 7 nitrogen and oxygen atoms in total. The molecule has 0 amide bonds. The van der Waals surface area contributed by atoms with Crippen molar-refractivity contribution >= 4 is 10.0 Å². The van der Waals surface area contributed by atoms with E-state index >= 15 is 0 Å². The molecule has 0 bridgehead atoms. The van der Waals surface area contributed by atoms with Crippen LogP contribution in [-0.2, 0) is 14.8 Å². The predicted molar refractivity (Wildman–Crippen MR) is 73.0 cm³/mol. The SMILES string of the molecule is COCC1(CNS(=O)(=O)c2c(C)noc2C)CCCN1. The van der Waals surface area contributed by atoms with Gasteiger partial charge in [0.05, 0.1) is 12.1 Å². The van der Waals surface area contributed by atoms with Gasteiger partial charge in [-0.1, -0.05) is 5.16 Å². The van der Waals surface area contributed by atoms with Gasteiger partial charge in [-0.05, 0) is 33.2 Å². The molecular weight excluding hydrogens is 282 g/mol. The van der Waals surface area contributed by atoms with Gasteiger partial charge in [0.25, 0.3) is 0 Å². The third kappa shape index (κ3) is 3.03. The molecule has 0 radical (unpaired) electrons. The normalized spacial score (nSPS) is 23.4. The highest BCUT2D eigenvalue weighted by Gasteiger charge is 2.35. The van der Waals surface area contributed by atoms with Crippen molar-refractivity contribution in [1.82, 2.24) is 15.2 Å². The van der Waals surface area contributed by atoms with Crippen LogP contribution in [0.1, 0.15) is 24.3 Å². The molecule has 1 aliphatic rings. The lowest BCUT2D eigenvalue weighted by Crippen LogP contribution is -2.52. The van der Waals surface area contributed by atoms with Crippen LogP contribution >= 0.6 is 0 Å². The van der Waals surface area contributed by atoms with E-state index in [1.807, 2.05) is 0 Å². The molecule has 114 valence electrons. The highest BCUT2D eigenvalue weighted by molar-refractivity contribution is 7.89. The summed E-state index contributed by atoms with van der Waals surface area (Å²) >= 11 is 0. The molecule has 1 unspecified atom stereocenters. The summed E-state index contributed by atoms with van der Waals surface area (Å²) in [6, 6.07) is 0. The summed E-state index contributed by atoms with van der Waals surface area (Å²) in [5.74, 6) is 0.301. The van der Waals surface area contributed by atoms with E-state index in [0.717, 1.165) is 19.4 Å². The maximum absolute atomic E-state index is 12.4. The molecule has 0 saturated carbocycles. The van der Waals surface area contributed by atoms with Gasteiger partial charge in [0, 0.05) is 13.7 Å². The zero-order valence-electron chi connectivity index (χ0n) is 12.0. The van der Waals surface area contributed by atoms with Crippen molar-refractivity contribution < 1.29 is 17.7 Å². The van der Waals surface area contributed by atoms with Crippen LogP contribution in [-0.4, -0.2) is 45.9 Å². The Bertz CT molecular complexity index is 542. The van der Waals surface area contributed by atoms with E-state index < -0.39 is 10.0 Å². The Morgan fingerprint density at radius 3 is 2.75 bits per heavy atom. The van der Waals surface area contributed by atoms with Crippen LogP contribution in [0.15, 0.2) is 9.42 Å². The van der Waals surface area contributed by atoms with Gasteiger partial charge in [-0.2, -0.15) is 0 Å². The number of methoxy groups -OCH3 is 1. The van der Waals surface area contributed by atoms with Gasteiger partial charge in [0.1, 0.15) is 10.6 Å². The molecule has 20 heavy (non-hydrogen) atoms. The lowest BCUT2D eigenvalue weighted by atomic mass is 9.99. The summed E-state index contributed by atoms with van der Waals surface area (Å²) in [4.78, 5) is 0.128. The molecule has 8 heteroatoms. The third-order valence-corrected chi connectivity index (χ3v) is 5.23. The molecule has 0 spiro atoms. The Kier molecular flexibility index (Phi) is 4.48. The molecule has 2 heterocycles. The maximum atomic E-state index is 12.4. The van der Waals surface area contributed by atoms with E-state index in [9.17, 15) is 8.42 Å². The van der Waals surface area contributed by atoms with Crippen molar-refractivity contribution in [3.8, 4) is 0 Å². The number of rotatable bonds is 6. The summed E-state index contributed by atoms with van der Waals surface area (Å²) in [6.45, 7) is 4.83. The molecule has 1 aliphatic heterocycles. The van der Waals surface area contributed by atoms with Crippen molar-refractivity contribution in [2.45, 2.75) is 37.1 Å². The molecule has 0 aromatic carbocycles. The highest BCUT2D eigenvalue weighted by atomic mass is 32.2. The fraction of sp³-hybridized carbons (Fsp3) is 0.750. The minimum Gasteiger partial charge on any atom is -0.383 e. The monoisotopic (exact) mass is 303 g/mol. The van der Waals surface area contributed by atoms with Crippen molar-refractivity contribution in [1.29, 1.82) is 0 Å². The van der Waals surface area contributed by atoms with E-state index in [0.29, 0.717) is 18.1 Å². The van der Waals surface area contributed by atoms with Crippen molar-refractivity contribution in [2.75, 3.05) is 26.8 Å². The Morgan fingerprint density at radius 1 is 1.50 bits per heavy atom. The Labute approximate surface area is 119 Å². The van der Waals surface area contributed by atoms with Crippen LogP contribution in [0.5, 0.6) is 0 Å². The molecule has 0 aliphatic carbocycles. The smallest absolute Gasteiger partial charge is 0.246 e. The zero-order valence-corrected chi connectivity index (χ0v) is 12.8. The molecule has 1 atom stereocenters. The number of nitrogens with one attached hydrogen (secondary N) is 2.